The number of aromatic hydroxyl groups is 1. The van der Waals surface area contributed by atoms with E-state index in [9.17, 15) is 9.90 Å². The van der Waals surface area contributed by atoms with Gasteiger partial charge in [-0.2, -0.15) is 0 Å². The number of piperidine rings is 1. The quantitative estimate of drug-likeness (QED) is 0.830. The fraction of sp³-hybridized carbons (Fsp3) is 0.500. The Morgan fingerprint density at radius 2 is 1.96 bits per heavy atom. The van der Waals surface area contributed by atoms with Gasteiger partial charge in [0.1, 0.15) is 12.1 Å². The second-order valence-electron chi connectivity index (χ2n) is 6.65. The first-order chi connectivity index (χ1) is 12.0. The molecule has 134 valence electrons. The van der Waals surface area contributed by atoms with Crippen LogP contribution < -0.4 is 0 Å². The molecule has 0 unspecified atom stereocenters. The van der Waals surface area contributed by atoms with Crippen LogP contribution in [0.1, 0.15) is 44.2 Å². The van der Waals surface area contributed by atoms with Crippen LogP contribution >= 0.6 is 11.8 Å². The van der Waals surface area contributed by atoms with Crippen LogP contribution in [0.25, 0.3) is 0 Å². The monoisotopic (exact) mass is 360 g/mol. The lowest BCUT2D eigenvalue weighted by Gasteiger charge is -2.32. The minimum atomic E-state index is 0.160. The van der Waals surface area contributed by atoms with E-state index < -0.39 is 0 Å². The van der Waals surface area contributed by atoms with Gasteiger partial charge in [-0.05, 0) is 50.3 Å². The van der Waals surface area contributed by atoms with E-state index in [2.05, 4.69) is 24.0 Å². The van der Waals surface area contributed by atoms with Crippen LogP contribution in [0, 0.1) is 0 Å². The molecule has 1 aromatic heterocycles. The summed E-state index contributed by atoms with van der Waals surface area (Å²) in [6.07, 6.45) is 3.63. The first-order valence-electron chi connectivity index (χ1n) is 8.63. The zero-order valence-electron chi connectivity index (χ0n) is 14.6. The number of nitrogens with zero attached hydrogens (tertiary/aromatic N) is 4. The van der Waals surface area contributed by atoms with Crippen LogP contribution in [0.3, 0.4) is 0 Å². The number of likely N-dealkylation sites (tertiary alicyclic amines) is 1. The topological polar surface area (TPSA) is 71.2 Å². The number of carbonyl (C=O) groups is 1. The summed E-state index contributed by atoms with van der Waals surface area (Å²) in [5.41, 5.74) is 1.24. The highest BCUT2D eigenvalue weighted by molar-refractivity contribution is 7.99. The van der Waals surface area contributed by atoms with Crippen LogP contribution in [0.5, 0.6) is 5.75 Å². The number of amides is 1. The number of benzene rings is 1. The van der Waals surface area contributed by atoms with Crippen LogP contribution in [0.2, 0.25) is 0 Å². The molecule has 2 aromatic rings. The number of carbonyl (C=O) groups excluding carboxylic acids is 1. The largest absolute Gasteiger partial charge is 0.508 e. The third kappa shape index (κ3) is 4.34. The number of thioether (sulfide) groups is 1. The van der Waals surface area contributed by atoms with E-state index in [1.807, 2.05) is 21.6 Å². The zero-order valence-corrected chi connectivity index (χ0v) is 15.4. The maximum atomic E-state index is 12.5. The molecule has 7 heteroatoms. The molecular weight excluding hydrogens is 336 g/mol. The van der Waals surface area contributed by atoms with Gasteiger partial charge in [0.25, 0.3) is 0 Å². The molecular formula is C18H24N4O2S. The van der Waals surface area contributed by atoms with E-state index in [0.29, 0.717) is 17.4 Å². The molecule has 0 saturated carbocycles. The van der Waals surface area contributed by atoms with Crippen LogP contribution in [0.4, 0.5) is 0 Å². The van der Waals surface area contributed by atoms with Crippen molar-refractivity contribution >= 4 is 17.7 Å². The van der Waals surface area contributed by atoms with Gasteiger partial charge in [0.2, 0.25) is 5.91 Å². The molecule has 0 aliphatic carbocycles. The summed E-state index contributed by atoms with van der Waals surface area (Å²) in [5, 5.41) is 18.2. The Kier molecular flexibility index (Phi) is 5.63. The van der Waals surface area contributed by atoms with Crippen molar-refractivity contribution in [3.8, 4) is 5.75 Å². The first kappa shape index (κ1) is 17.8. The number of hydrogen-bond donors (Lipinski definition) is 1. The molecule has 1 saturated heterocycles. The summed E-state index contributed by atoms with van der Waals surface area (Å²) in [5.74, 6) is 1.31. The maximum absolute atomic E-state index is 12.5. The van der Waals surface area contributed by atoms with Crippen LogP contribution in [-0.4, -0.2) is 49.5 Å². The Bertz CT molecular complexity index is 706. The molecule has 1 fully saturated rings. The van der Waals surface area contributed by atoms with E-state index in [4.69, 9.17) is 0 Å². The highest BCUT2D eigenvalue weighted by Gasteiger charge is 2.24. The summed E-state index contributed by atoms with van der Waals surface area (Å²) in [6.45, 7) is 5.70. The summed E-state index contributed by atoms with van der Waals surface area (Å²) in [7, 11) is 0. The van der Waals surface area contributed by atoms with Crippen molar-refractivity contribution in [1.82, 2.24) is 19.7 Å². The van der Waals surface area contributed by atoms with Gasteiger partial charge in [0.05, 0.1) is 5.75 Å². The average Bonchev–Trinajstić information content (AvgIpc) is 3.09. The molecule has 25 heavy (non-hydrogen) atoms. The summed E-state index contributed by atoms with van der Waals surface area (Å²) >= 11 is 1.45. The van der Waals surface area contributed by atoms with Crippen molar-refractivity contribution in [3.05, 3.63) is 36.2 Å². The number of phenolic OH excluding ortho intramolecular Hbond substituents is 1. The number of hydrogen-bond acceptors (Lipinski definition) is 5. The number of aromatic nitrogens is 3. The first-order valence-corrected chi connectivity index (χ1v) is 9.62. The van der Waals surface area contributed by atoms with E-state index in [-0.39, 0.29) is 11.9 Å². The van der Waals surface area contributed by atoms with E-state index in [0.717, 1.165) is 31.1 Å². The van der Waals surface area contributed by atoms with Gasteiger partial charge in [-0.25, -0.2) is 0 Å². The SMILES string of the molecule is CC(C)n1cnnc1SCC(=O)N1CCC(c2ccc(O)cc2)CC1. The molecule has 0 atom stereocenters. The van der Waals surface area contributed by atoms with Crippen molar-refractivity contribution in [2.75, 3.05) is 18.8 Å². The molecule has 1 N–H and O–H groups in total. The molecule has 6 nitrogen and oxygen atoms in total. The van der Waals surface area contributed by atoms with E-state index >= 15 is 0 Å². The molecule has 3 rings (SSSR count). The molecule has 1 aliphatic rings. The minimum absolute atomic E-state index is 0.160. The van der Waals surface area contributed by atoms with Gasteiger partial charge in [-0.15, -0.1) is 10.2 Å². The van der Waals surface area contributed by atoms with Crippen molar-refractivity contribution in [2.24, 2.45) is 0 Å². The van der Waals surface area contributed by atoms with Crippen LogP contribution in [-0.2, 0) is 4.79 Å². The molecule has 1 amide bonds. The second kappa shape index (κ2) is 7.91. The molecule has 2 heterocycles. The van der Waals surface area contributed by atoms with Crippen molar-refractivity contribution in [1.29, 1.82) is 0 Å². The Morgan fingerprint density at radius 1 is 1.28 bits per heavy atom. The van der Waals surface area contributed by atoms with E-state index in [1.54, 1.807) is 18.5 Å². The van der Waals surface area contributed by atoms with Gasteiger partial charge in [0, 0.05) is 19.1 Å². The van der Waals surface area contributed by atoms with Crippen molar-refractivity contribution < 1.29 is 9.90 Å². The Labute approximate surface area is 152 Å². The van der Waals surface area contributed by atoms with Gasteiger partial charge >= 0.3 is 0 Å². The van der Waals surface area contributed by atoms with Crippen LogP contribution in [0.15, 0.2) is 35.7 Å². The third-order valence-electron chi connectivity index (χ3n) is 4.63. The highest BCUT2D eigenvalue weighted by atomic mass is 32.2. The molecule has 1 aromatic carbocycles. The lowest BCUT2D eigenvalue weighted by atomic mass is 9.89. The molecule has 0 radical (unpaired) electrons. The lowest BCUT2D eigenvalue weighted by Crippen LogP contribution is -2.39. The predicted molar refractivity (Wildman–Crippen MR) is 97.8 cm³/mol. The Hall–Kier alpha value is -2.02. The average molecular weight is 360 g/mol. The zero-order chi connectivity index (χ0) is 17.8. The smallest absolute Gasteiger partial charge is 0.233 e. The fourth-order valence-corrected chi connectivity index (χ4v) is 4.06. The fourth-order valence-electron chi connectivity index (χ4n) is 3.12. The van der Waals surface area contributed by atoms with Gasteiger partial charge < -0.3 is 14.6 Å². The molecule has 0 bridgehead atoms. The van der Waals surface area contributed by atoms with E-state index in [1.165, 1.54) is 17.3 Å². The summed E-state index contributed by atoms with van der Waals surface area (Å²) in [6, 6.07) is 7.70. The van der Waals surface area contributed by atoms with Crippen molar-refractivity contribution in [2.45, 2.75) is 43.8 Å². The molecule has 1 aliphatic heterocycles. The predicted octanol–water partition coefficient (Wildman–Crippen LogP) is 3.06. The third-order valence-corrected chi connectivity index (χ3v) is 5.58. The summed E-state index contributed by atoms with van der Waals surface area (Å²) in [4.78, 5) is 14.4. The van der Waals surface area contributed by atoms with Crippen molar-refractivity contribution in [3.63, 3.8) is 0 Å². The molecule has 0 spiro atoms. The number of phenols is 1. The Balaban J connectivity index is 1.50. The van der Waals surface area contributed by atoms with Gasteiger partial charge in [-0.3, -0.25) is 4.79 Å². The maximum Gasteiger partial charge on any atom is 0.233 e. The standard InChI is InChI=1S/C18H24N4O2S/c1-13(2)22-12-19-20-18(22)25-11-17(24)21-9-7-15(8-10-21)14-3-5-16(23)6-4-14/h3-6,12-13,15,23H,7-11H2,1-2H3. The Morgan fingerprint density at radius 3 is 2.60 bits per heavy atom. The lowest BCUT2D eigenvalue weighted by molar-refractivity contribution is -0.129. The summed E-state index contributed by atoms with van der Waals surface area (Å²) < 4.78 is 1.98. The van der Waals surface area contributed by atoms with Gasteiger partial charge in [0.15, 0.2) is 5.16 Å². The second-order valence-corrected chi connectivity index (χ2v) is 7.59. The normalized spacial score (nSPS) is 15.7. The minimum Gasteiger partial charge on any atom is -0.508 e. The highest BCUT2D eigenvalue weighted by Crippen LogP contribution is 2.29. The number of rotatable bonds is 5. The van der Waals surface area contributed by atoms with Gasteiger partial charge in [-0.1, -0.05) is 23.9 Å².